The predicted octanol–water partition coefficient (Wildman–Crippen LogP) is 2.71. The van der Waals surface area contributed by atoms with E-state index in [-0.39, 0.29) is 0 Å². The number of benzene rings is 1. The van der Waals surface area contributed by atoms with Gasteiger partial charge in [-0.05, 0) is 26.0 Å². The molecule has 104 valence electrons. The molecule has 0 radical (unpaired) electrons. The molecule has 1 aromatic heterocycles. The minimum absolute atomic E-state index is 0.573. The van der Waals surface area contributed by atoms with Crippen LogP contribution in [-0.4, -0.2) is 30.3 Å². The number of rotatable bonds is 6. The number of nitrogens with zero attached hydrogens (tertiary/aromatic N) is 1. The largest absolute Gasteiger partial charge is 0.497 e. The zero-order valence-electron chi connectivity index (χ0n) is 11.3. The van der Waals surface area contributed by atoms with E-state index in [9.17, 15) is 0 Å². The summed E-state index contributed by atoms with van der Waals surface area (Å²) in [6.45, 7) is 4.99. The van der Waals surface area contributed by atoms with Crippen molar-refractivity contribution >= 4 is 19.6 Å². The van der Waals surface area contributed by atoms with Crippen LogP contribution in [0, 0.1) is 0 Å². The molecular formula is C12H18N3O3P. The second-order valence-corrected chi connectivity index (χ2v) is 4.88. The summed E-state index contributed by atoms with van der Waals surface area (Å²) in [6, 6.07) is 5.74. The average Bonchev–Trinajstić information content (AvgIpc) is 2.80. The van der Waals surface area contributed by atoms with Crippen molar-refractivity contribution in [1.82, 2.24) is 9.97 Å². The Morgan fingerprint density at radius 1 is 1.11 bits per heavy atom. The van der Waals surface area contributed by atoms with Gasteiger partial charge in [-0.15, -0.1) is 0 Å². The van der Waals surface area contributed by atoms with E-state index in [1.165, 1.54) is 0 Å². The molecule has 6 nitrogen and oxygen atoms in total. The summed E-state index contributed by atoms with van der Waals surface area (Å²) in [5.74, 6) is 0.797. The Balaban J connectivity index is 2.32. The van der Waals surface area contributed by atoms with Crippen LogP contribution in [0.3, 0.4) is 0 Å². The maximum atomic E-state index is 5.44. The Morgan fingerprint density at radius 3 is 2.42 bits per heavy atom. The lowest BCUT2D eigenvalue weighted by atomic mass is 10.3. The Hall–Kier alpha value is -1.36. The van der Waals surface area contributed by atoms with Crippen molar-refractivity contribution in [2.24, 2.45) is 4.76 Å². The van der Waals surface area contributed by atoms with Crippen molar-refractivity contribution in [3.05, 3.63) is 23.8 Å². The van der Waals surface area contributed by atoms with Crippen LogP contribution in [0.5, 0.6) is 5.75 Å². The van der Waals surface area contributed by atoms with Gasteiger partial charge in [-0.3, -0.25) is 0 Å². The second kappa shape index (κ2) is 6.70. The number of fused-ring (bicyclic) bond motifs is 1. The van der Waals surface area contributed by atoms with Gasteiger partial charge in [0.25, 0.3) is 0 Å². The summed E-state index contributed by atoms with van der Waals surface area (Å²) in [4.78, 5) is 6.34. The molecule has 0 aliphatic carbocycles. The van der Waals surface area contributed by atoms with Crippen LogP contribution in [0.25, 0.3) is 11.0 Å². The van der Waals surface area contributed by atoms with Gasteiger partial charge < -0.3 is 23.8 Å². The number of aromatic nitrogens is 2. The molecule has 0 aliphatic heterocycles. The van der Waals surface area contributed by atoms with E-state index in [1.54, 1.807) is 7.11 Å². The molecule has 0 atom stereocenters. The molecule has 0 amide bonds. The number of ether oxygens (including phenoxy) is 1. The standard InChI is InChI=1S/C12H18N3O3P/c1-4-17-19(18-5-2)15-12-13-10-7-6-9(16-3)8-11(10)14-12/h6-8H,4-5H2,1-3H3,(H2,13,14,15). The van der Waals surface area contributed by atoms with Crippen LogP contribution in [0.2, 0.25) is 0 Å². The molecule has 1 aromatic carbocycles. The highest BCUT2D eigenvalue weighted by atomic mass is 31.2. The molecule has 0 saturated carbocycles. The molecule has 0 fully saturated rings. The van der Waals surface area contributed by atoms with Gasteiger partial charge in [0.15, 0.2) is 0 Å². The van der Waals surface area contributed by atoms with Gasteiger partial charge in [0.05, 0.1) is 31.4 Å². The van der Waals surface area contributed by atoms with Crippen LogP contribution in [0.1, 0.15) is 13.8 Å². The van der Waals surface area contributed by atoms with Crippen molar-refractivity contribution in [3.8, 4) is 5.75 Å². The second-order valence-electron chi connectivity index (χ2n) is 3.68. The van der Waals surface area contributed by atoms with E-state index >= 15 is 0 Å². The fraction of sp³-hybridized carbons (Fsp3) is 0.417. The van der Waals surface area contributed by atoms with E-state index in [0.717, 1.165) is 16.8 Å². The lowest BCUT2D eigenvalue weighted by Gasteiger charge is -2.07. The van der Waals surface area contributed by atoms with E-state index in [0.29, 0.717) is 18.8 Å². The van der Waals surface area contributed by atoms with Gasteiger partial charge in [-0.25, -0.2) is 0 Å². The third-order valence-electron chi connectivity index (χ3n) is 2.39. The Morgan fingerprint density at radius 2 is 1.79 bits per heavy atom. The summed E-state index contributed by atoms with van der Waals surface area (Å²) < 4.78 is 20.5. The van der Waals surface area contributed by atoms with Crippen molar-refractivity contribution in [1.29, 1.82) is 0 Å². The van der Waals surface area contributed by atoms with Crippen LogP contribution >= 0.6 is 8.53 Å². The predicted molar refractivity (Wildman–Crippen MR) is 74.9 cm³/mol. The molecule has 2 N–H and O–H groups in total. The first-order valence-corrected chi connectivity index (χ1v) is 7.26. The summed E-state index contributed by atoms with van der Waals surface area (Å²) in [7, 11) is 0.387. The molecule has 0 saturated heterocycles. The number of hydrogen-bond acceptors (Lipinski definition) is 4. The number of methoxy groups -OCH3 is 1. The minimum atomic E-state index is -1.25. The quantitative estimate of drug-likeness (QED) is 0.801. The topological polar surface area (TPSA) is 71.6 Å². The molecule has 0 spiro atoms. The van der Waals surface area contributed by atoms with Gasteiger partial charge in [-0.1, -0.05) is 0 Å². The van der Waals surface area contributed by atoms with Crippen molar-refractivity contribution in [2.75, 3.05) is 20.3 Å². The highest BCUT2D eigenvalue weighted by Gasteiger charge is 2.07. The Bertz CT molecular complexity index is 587. The summed E-state index contributed by atoms with van der Waals surface area (Å²) >= 11 is 0. The van der Waals surface area contributed by atoms with E-state index in [2.05, 4.69) is 14.7 Å². The highest BCUT2D eigenvalue weighted by molar-refractivity contribution is 7.45. The van der Waals surface area contributed by atoms with E-state index in [4.69, 9.17) is 13.8 Å². The third kappa shape index (κ3) is 3.56. The molecule has 1 heterocycles. The molecule has 2 rings (SSSR count). The maximum absolute atomic E-state index is 5.44. The zero-order valence-corrected chi connectivity index (χ0v) is 12.2. The van der Waals surface area contributed by atoms with Crippen LogP contribution in [-0.2, 0) is 9.05 Å². The number of H-pyrrole nitrogens is 2. The lowest BCUT2D eigenvalue weighted by Crippen LogP contribution is -2.05. The molecular weight excluding hydrogens is 265 g/mol. The van der Waals surface area contributed by atoms with Gasteiger partial charge >= 0.3 is 8.53 Å². The van der Waals surface area contributed by atoms with Crippen molar-refractivity contribution in [3.63, 3.8) is 0 Å². The van der Waals surface area contributed by atoms with Gasteiger partial charge in [-0.2, -0.15) is 4.76 Å². The van der Waals surface area contributed by atoms with Gasteiger partial charge in [0.2, 0.25) is 5.62 Å². The molecule has 19 heavy (non-hydrogen) atoms. The SMILES string of the molecule is CCOP(/N=c1/[nH]c2ccc(OC)cc2[nH]1)OCC. The average molecular weight is 283 g/mol. The van der Waals surface area contributed by atoms with Gasteiger partial charge in [0, 0.05) is 6.07 Å². The summed E-state index contributed by atoms with van der Waals surface area (Å²) in [5.41, 5.74) is 2.53. The molecule has 2 aromatic rings. The third-order valence-corrected chi connectivity index (χ3v) is 3.72. The van der Waals surface area contributed by atoms with E-state index in [1.807, 2.05) is 32.0 Å². The Labute approximate surface area is 112 Å². The van der Waals surface area contributed by atoms with Crippen LogP contribution < -0.4 is 10.4 Å². The van der Waals surface area contributed by atoms with Crippen LogP contribution in [0.4, 0.5) is 0 Å². The van der Waals surface area contributed by atoms with Crippen molar-refractivity contribution < 1.29 is 13.8 Å². The summed E-state index contributed by atoms with van der Waals surface area (Å²) in [6.07, 6.45) is 0. The fourth-order valence-electron chi connectivity index (χ4n) is 1.60. The smallest absolute Gasteiger partial charge is 0.313 e. The summed E-state index contributed by atoms with van der Waals surface area (Å²) in [5, 5.41) is 0. The monoisotopic (exact) mass is 283 g/mol. The number of hydrogen-bond donors (Lipinski definition) is 2. The number of imidazole rings is 1. The first-order valence-electron chi connectivity index (χ1n) is 6.13. The first kappa shape index (κ1) is 14.1. The Kier molecular flexibility index (Phi) is 4.96. The number of nitrogens with one attached hydrogen (secondary N) is 2. The fourth-order valence-corrected chi connectivity index (χ4v) is 2.49. The normalized spacial score (nSPS) is 12.5. The molecule has 7 heteroatoms. The lowest BCUT2D eigenvalue weighted by molar-refractivity contribution is 0.269. The highest BCUT2D eigenvalue weighted by Crippen LogP contribution is 2.38. The first-order chi connectivity index (χ1) is 9.26. The number of aromatic amines is 2. The van der Waals surface area contributed by atoms with E-state index < -0.39 is 8.53 Å². The van der Waals surface area contributed by atoms with Gasteiger partial charge in [0.1, 0.15) is 5.75 Å². The maximum Gasteiger partial charge on any atom is 0.313 e. The molecule has 0 bridgehead atoms. The molecule has 0 aliphatic rings. The van der Waals surface area contributed by atoms with Crippen molar-refractivity contribution in [2.45, 2.75) is 13.8 Å². The molecule has 0 unspecified atom stereocenters. The minimum Gasteiger partial charge on any atom is -0.497 e. The van der Waals surface area contributed by atoms with Crippen LogP contribution in [0.15, 0.2) is 23.0 Å². The zero-order chi connectivity index (χ0) is 13.7.